The van der Waals surface area contributed by atoms with Gasteiger partial charge in [-0.25, -0.2) is 13.4 Å². The SMILES string of the molecule is CN1CCN(S(=O)(=O)c2cccc(-c3cnc4[nH]cc(C#N)c4c3)c2)CC1. The number of fused-ring (bicyclic) bond motifs is 1. The molecular formula is C19H19N5O2S. The fourth-order valence-electron chi connectivity index (χ4n) is 3.27. The number of piperazine rings is 1. The number of H-pyrrole nitrogens is 1. The number of sulfonamides is 1. The third-order valence-electron chi connectivity index (χ3n) is 4.92. The fraction of sp³-hybridized carbons (Fsp3) is 0.263. The largest absolute Gasteiger partial charge is 0.345 e. The predicted octanol–water partition coefficient (Wildman–Crippen LogP) is 2.04. The van der Waals surface area contributed by atoms with Crippen LogP contribution < -0.4 is 0 Å². The second-order valence-corrected chi connectivity index (χ2v) is 8.61. The highest BCUT2D eigenvalue weighted by Crippen LogP contribution is 2.27. The van der Waals surface area contributed by atoms with E-state index in [9.17, 15) is 13.7 Å². The molecule has 138 valence electrons. The lowest BCUT2D eigenvalue weighted by Gasteiger charge is -2.31. The van der Waals surface area contributed by atoms with Gasteiger partial charge in [0, 0.05) is 49.5 Å². The van der Waals surface area contributed by atoms with E-state index >= 15 is 0 Å². The minimum Gasteiger partial charge on any atom is -0.345 e. The number of aromatic amines is 1. The lowest BCUT2D eigenvalue weighted by molar-refractivity contribution is 0.222. The molecule has 1 N–H and O–H groups in total. The molecule has 0 bridgehead atoms. The van der Waals surface area contributed by atoms with Gasteiger partial charge in [-0.05, 0) is 30.8 Å². The summed E-state index contributed by atoms with van der Waals surface area (Å²) in [5.41, 5.74) is 2.68. The van der Waals surface area contributed by atoms with Crippen LogP contribution in [-0.4, -0.2) is 60.8 Å². The van der Waals surface area contributed by atoms with Gasteiger partial charge in [-0.3, -0.25) is 0 Å². The zero-order valence-corrected chi connectivity index (χ0v) is 15.7. The Morgan fingerprint density at radius 1 is 1.15 bits per heavy atom. The summed E-state index contributed by atoms with van der Waals surface area (Å²) in [6.45, 7) is 2.44. The summed E-state index contributed by atoms with van der Waals surface area (Å²) in [7, 11) is -1.54. The van der Waals surface area contributed by atoms with Crippen LogP contribution in [0.4, 0.5) is 0 Å². The van der Waals surface area contributed by atoms with E-state index in [0.29, 0.717) is 24.3 Å². The number of hydrogen-bond acceptors (Lipinski definition) is 5. The van der Waals surface area contributed by atoms with Crippen molar-refractivity contribution in [2.75, 3.05) is 33.2 Å². The molecule has 0 unspecified atom stereocenters. The summed E-state index contributed by atoms with van der Waals surface area (Å²) in [4.78, 5) is 9.70. The van der Waals surface area contributed by atoms with Gasteiger partial charge in [-0.1, -0.05) is 12.1 Å². The summed E-state index contributed by atoms with van der Waals surface area (Å²) in [5, 5.41) is 9.94. The molecule has 3 heterocycles. The van der Waals surface area contributed by atoms with Crippen LogP contribution in [0.2, 0.25) is 0 Å². The van der Waals surface area contributed by atoms with Crippen LogP contribution >= 0.6 is 0 Å². The lowest BCUT2D eigenvalue weighted by atomic mass is 10.1. The number of nitriles is 1. The van der Waals surface area contributed by atoms with Gasteiger partial charge in [0.25, 0.3) is 0 Å². The zero-order valence-electron chi connectivity index (χ0n) is 14.9. The Morgan fingerprint density at radius 2 is 1.93 bits per heavy atom. The highest BCUT2D eigenvalue weighted by molar-refractivity contribution is 7.89. The van der Waals surface area contributed by atoms with Gasteiger partial charge in [0.1, 0.15) is 11.7 Å². The first-order chi connectivity index (χ1) is 13.0. The average molecular weight is 381 g/mol. The molecule has 1 fully saturated rings. The minimum atomic E-state index is -3.53. The fourth-order valence-corrected chi connectivity index (χ4v) is 4.74. The molecule has 1 aliphatic rings. The molecule has 1 aromatic carbocycles. The Balaban J connectivity index is 1.71. The summed E-state index contributed by atoms with van der Waals surface area (Å²) in [6, 6.07) is 10.9. The molecule has 2 aromatic heterocycles. The normalized spacial score (nSPS) is 16.4. The first kappa shape index (κ1) is 17.7. The summed E-state index contributed by atoms with van der Waals surface area (Å²) in [5.74, 6) is 0. The number of nitrogens with zero attached hydrogens (tertiary/aromatic N) is 4. The van der Waals surface area contributed by atoms with Gasteiger partial charge in [0.2, 0.25) is 10.0 Å². The van der Waals surface area contributed by atoms with E-state index in [1.54, 1.807) is 30.6 Å². The van der Waals surface area contributed by atoms with Crippen molar-refractivity contribution >= 4 is 21.1 Å². The Labute approximate surface area is 157 Å². The maximum absolute atomic E-state index is 13.0. The number of hydrogen-bond donors (Lipinski definition) is 1. The first-order valence-electron chi connectivity index (χ1n) is 8.65. The molecule has 27 heavy (non-hydrogen) atoms. The molecule has 1 saturated heterocycles. The van der Waals surface area contributed by atoms with Gasteiger partial charge < -0.3 is 9.88 Å². The van der Waals surface area contributed by atoms with Gasteiger partial charge in [-0.2, -0.15) is 9.57 Å². The quantitative estimate of drug-likeness (QED) is 0.749. The topological polar surface area (TPSA) is 93.1 Å². The van der Waals surface area contributed by atoms with Crippen LogP contribution in [0.15, 0.2) is 47.6 Å². The Morgan fingerprint density at radius 3 is 2.67 bits per heavy atom. The van der Waals surface area contributed by atoms with E-state index < -0.39 is 10.0 Å². The third-order valence-corrected chi connectivity index (χ3v) is 6.81. The van der Waals surface area contributed by atoms with Crippen LogP contribution in [0, 0.1) is 11.3 Å². The zero-order chi connectivity index (χ0) is 19.0. The number of nitrogens with one attached hydrogen (secondary N) is 1. The van der Waals surface area contributed by atoms with Crippen molar-refractivity contribution < 1.29 is 8.42 Å². The number of aromatic nitrogens is 2. The minimum absolute atomic E-state index is 0.277. The van der Waals surface area contributed by atoms with Gasteiger partial charge in [0.05, 0.1) is 10.5 Å². The van der Waals surface area contributed by atoms with Crippen LogP contribution in [0.3, 0.4) is 0 Å². The van der Waals surface area contributed by atoms with E-state index in [4.69, 9.17) is 0 Å². The molecule has 0 spiro atoms. The number of rotatable bonds is 3. The Kier molecular flexibility index (Phi) is 4.44. The smallest absolute Gasteiger partial charge is 0.243 e. The molecule has 0 saturated carbocycles. The van der Waals surface area contributed by atoms with Crippen molar-refractivity contribution in [1.82, 2.24) is 19.2 Å². The Hall–Kier alpha value is -2.73. The van der Waals surface area contributed by atoms with Crippen molar-refractivity contribution in [1.29, 1.82) is 5.26 Å². The summed E-state index contributed by atoms with van der Waals surface area (Å²) in [6.07, 6.45) is 3.30. The molecule has 3 aromatic rings. The molecule has 0 amide bonds. The van der Waals surface area contributed by atoms with Crippen LogP contribution in [0.25, 0.3) is 22.2 Å². The van der Waals surface area contributed by atoms with Crippen molar-refractivity contribution in [2.24, 2.45) is 0 Å². The summed E-state index contributed by atoms with van der Waals surface area (Å²) >= 11 is 0. The van der Waals surface area contributed by atoms with E-state index in [2.05, 4.69) is 20.9 Å². The Bertz CT molecular complexity index is 1140. The molecule has 1 aliphatic heterocycles. The lowest BCUT2D eigenvalue weighted by Crippen LogP contribution is -2.47. The van der Waals surface area contributed by atoms with Crippen LogP contribution in [0.1, 0.15) is 5.56 Å². The molecule has 0 radical (unpaired) electrons. The van der Waals surface area contributed by atoms with E-state index in [-0.39, 0.29) is 4.90 Å². The summed E-state index contributed by atoms with van der Waals surface area (Å²) < 4.78 is 27.5. The predicted molar refractivity (Wildman–Crippen MR) is 103 cm³/mol. The van der Waals surface area contributed by atoms with Crippen LogP contribution in [-0.2, 0) is 10.0 Å². The third kappa shape index (κ3) is 3.21. The second-order valence-electron chi connectivity index (χ2n) is 6.67. The number of benzene rings is 1. The van der Waals surface area contributed by atoms with E-state index in [1.165, 1.54) is 4.31 Å². The van der Waals surface area contributed by atoms with Gasteiger partial charge in [-0.15, -0.1) is 0 Å². The average Bonchev–Trinajstić information content (AvgIpc) is 3.11. The molecule has 7 nitrogen and oxygen atoms in total. The molecule has 0 atom stereocenters. The van der Waals surface area contributed by atoms with Gasteiger partial charge >= 0.3 is 0 Å². The van der Waals surface area contributed by atoms with Crippen molar-refractivity contribution in [3.05, 3.63) is 48.3 Å². The highest BCUT2D eigenvalue weighted by Gasteiger charge is 2.27. The molecular weight excluding hydrogens is 362 g/mol. The first-order valence-corrected chi connectivity index (χ1v) is 10.1. The molecule has 4 rings (SSSR count). The molecule has 8 heteroatoms. The highest BCUT2D eigenvalue weighted by atomic mass is 32.2. The monoisotopic (exact) mass is 381 g/mol. The van der Waals surface area contributed by atoms with Gasteiger partial charge in [0.15, 0.2) is 0 Å². The number of pyridine rings is 1. The van der Waals surface area contributed by atoms with Crippen molar-refractivity contribution in [3.63, 3.8) is 0 Å². The molecule has 0 aliphatic carbocycles. The standard InChI is InChI=1S/C19H19N5O2S/c1-23-5-7-24(8-6-23)27(25,26)17-4-2-3-14(9-17)15-10-18-16(11-20)13-22-19(18)21-12-15/h2-4,9-10,12-13H,5-8H2,1H3,(H,21,22). The maximum atomic E-state index is 13.0. The second kappa shape index (κ2) is 6.78. The van der Waals surface area contributed by atoms with Crippen molar-refractivity contribution in [2.45, 2.75) is 4.90 Å². The van der Waals surface area contributed by atoms with Crippen LogP contribution in [0.5, 0.6) is 0 Å². The van der Waals surface area contributed by atoms with Crippen molar-refractivity contribution in [3.8, 4) is 17.2 Å². The van der Waals surface area contributed by atoms with E-state index in [0.717, 1.165) is 29.6 Å². The van der Waals surface area contributed by atoms with E-state index in [1.807, 2.05) is 19.2 Å². The number of likely N-dealkylation sites (N-methyl/N-ethyl adjacent to an activating group) is 1. The maximum Gasteiger partial charge on any atom is 0.243 e.